The van der Waals surface area contributed by atoms with E-state index in [4.69, 9.17) is 0 Å². The molecule has 0 fully saturated rings. The van der Waals surface area contributed by atoms with E-state index in [2.05, 4.69) is 278 Å². The molecular formula is C64H48N2. The van der Waals surface area contributed by atoms with Gasteiger partial charge in [-0.3, -0.25) is 0 Å². The SMILES string of the molecule is CC1(C)c2cc(N(c3ccccc3)c3ccc(-c4ccccc4)cc3)ccc2-c2ccc(N(c3ccccc3)c3ccc4c(c3)C(c3ccccc3)(c3ccccc3)c3ccccc3-4)cc21. The van der Waals surface area contributed by atoms with Crippen LogP contribution in [-0.2, 0) is 10.8 Å². The Hall–Kier alpha value is -8.20. The highest BCUT2D eigenvalue weighted by Crippen LogP contribution is 2.58. The summed E-state index contributed by atoms with van der Waals surface area (Å²) in [6, 6.07) is 93.6. The van der Waals surface area contributed by atoms with Gasteiger partial charge in [-0.2, -0.15) is 0 Å². The monoisotopic (exact) mass is 844 g/mol. The molecule has 2 nitrogen and oxygen atoms in total. The summed E-state index contributed by atoms with van der Waals surface area (Å²) in [6.45, 7) is 4.78. The number of anilines is 6. The lowest BCUT2D eigenvalue weighted by atomic mass is 9.67. The van der Waals surface area contributed by atoms with Crippen molar-refractivity contribution < 1.29 is 0 Å². The molecule has 66 heavy (non-hydrogen) atoms. The third-order valence-corrected chi connectivity index (χ3v) is 14.1. The standard InChI is InChI=1S/C64H48N2/c1-63(2)60-42-52(65(49-26-14-6-15-27-49)51-34-32-46(33-35-51)45-20-8-3-9-21-45)36-39-56(60)57-40-37-53(43-61(57)63)66(50-28-16-7-17-29-50)54-38-41-58-55-30-18-19-31-59(55)64(62(58)44-54,47-22-10-4-11-23-47)48-24-12-5-13-25-48/h3-44H,1-2H3. The topological polar surface area (TPSA) is 6.48 Å². The fraction of sp³-hybridized carbons (Fsp3) is 0.0625. The maximum Gasteiger partial charge on any atom is 0.0714 e. The molecule has 0 bridgehead atoms. The van der Waals surface area contributed by atoms with Gasteiger partial charge in [0, 0.05) is 39.5 Å². The van der Waals surface area contributed by atoms with Gasteiger partial charge in [-0.05, 0) is 140 Å². The Morgan fingerprint density at radius 1 is 0.258 bits per heavy atom. The van der Waals surface area contributed by atoms with Crippen LogP contribution >= 0.6 is 0 Å². The summed E-state index contributed by atoms with van der Waals surface area (Å²) in [5, 5.41) is 0. The van der Waals surface area contributed by atoms with Gasteiger partial charge < -0.3 is 9.80 Å². The van der Waals surface area contributed by atoms with Gasteiger partial charge in [0.25, 0.3) is 0 Å². The van der Waals surface area contributed by atoms with E-state index in [0.717, 1.165) is 34.1 Å². The average molecular weight is 845 g/mol. The molecule has 0 heterocycles. The molecule has 0 amide bonds. The molecule has 0 atom stereocenters. The fourth-order valence-electron chi connectivity index (χ4n) is 11.0. The molecule has 0 spiro atoms. The lowest BCUT2D eigenvalue weighted by Crippen LogP contribution is -2.28. The van der Waals surface area contributed by atoms with Gasteiger partial charge >= 0.3 is 0 Å². The van der Waals surface area contributed by atoms with Crippen LogP contribution in [0.25, 0.3) is 33.4 Å². The first-order valence-electron chi connectivity index (χ1n) is 23.0. The zero-order valence-electron chi connectivity index (χ0n) is 37.1. The maximum absolute atomic E-state index is 2.46. The number of para-hydroxylation sites is 2. The number of hydrogen-bond donors (Lipinski definition) is 0. The molecule has 314 valence electrons. The van der Waals surface area contributed by atoms with E-state index in [9.17, 15) is 0 Å². The molecule has 12 rings (SSSR count). The van der Waals surface area contributed by atoms with Crippen LogP contribution in [0.1, 0.15) is 47.2 Å². The first kappa shape index (κ1) is 39.4. The van der Waals surface area contributed by atoms with Gasteiger partial charge in [-0.1, -0.05) is 196 Å². The van der Waals surface area contributed by atoms with Crippen molar-refractivity contribution in [1.82, 2.24) is 0 Å². The highest BCUT2D eigenvalue weighted by Gasteiger charge is 2.46. The molecule has 2 heteroatoms. The smallest absolute Gasteiger partial charge is 0.0714 e. The molecule has 0 saturated heterocycles. The normalized spacial score (nSPS) is 13.5. The van der Waals surface area contributed by atoms with Crippen molar-refractivity contribution in [3.8, 4) is 33.4 Å². The molecule has 10 aromatic carbocycles. The van der Waals surface area contributed by atoms with Crippen molar-refractivity contribution in [1.29, 1.82) is 0 Å². The molecule has 0 N–H and O–H groups in total. The minimum Gasteiger partial charge on any atom is -0.310 e. The Bertz CT molecular complexity index is 3320. The summed E-state index contributed by atoms with van der Waals surface area (Å²) in [7, 11) is 0. The van der Waals surface area contributed by atoms with Crippen molar-refractivity contribution in [2.75, 3.05) is 9.80 Å². The highest BCUT2D eigenvalue weighted by molar-refractivity contribution is 5.92. The van der Waals surface area contributed by atoms with E-state index >= 15 is 0 Å². The zero-order chi connectivity index (χ0) is 44.2. The van der Waals surface area contributed by atoms with Crippen LogP contribution in [0.15, 0.2) is 255 Å². The minimum atomic E-state index is -0.496. The second kappa shape index (κ2) is 15.8. The van der Waals surface area contributed by atoms with Crippen LogP contribution < -0.4 is 9.80 Å². The minimum absolute atomic E-state index is 0.270. The third-order valence-electron chi connectivity index (χ3n) is 14.1. The molecule has 0 radical (unpaired) electrons. The second-order valence-electron chi connectivity index (χ2n) is 18.1. The zero-order valence-corrected chi connectivity index (χ0v) is 37.1. The Kier molecular flexibility index (Phi) is 9.43. The quantitative estimate of drug-likeness (QED) is 0.143. The number of fused-ring (bicyclic) bond motifs is 6. The van der Waals surface area contributed by atoms with E-state index in [1.807, 2.05) is 0 Å². The predicted molar refractivity (Wildman–Crippen MR) is 276 cm³/mol. The van der Waals surface area contributed by atoms with Crippen LogP contribution in [0.5, 0.6) is 0 Å². The maximum atomic E-state index is 2.46. The fourth-order valence-corrected chi connectivity index (χ4v) is 11.0. The average Bonchev–Trinajstić information content (AvgIpc) is 3.80. The van der Waals surface area contributed by atoms with E-state index in [-0.39, 0.29) is 5.41 Å². The Balaban J connectivity index is 0.977. The summed E-state index contributed by atoms with van der Waals surface area (Å²) < 4.78 is 0. The van der Waals surface area contributed by atoms with Crippen molar-refractivity contribution in [3.05, 3.63) is 288 Å². The summed E-state index contributed by atoms with van der Waals surface area (Å²) in [4.78, 5) is 4.83. The van der Waals surface area contributed by atoms with Gasteiger partial charge in [0.2, 0.25) is 0 Å². The Labute approximate surface area is 388 Å². The lowest BCUT2D eigenvalue weighted by molar-refractivity contribution is 0.660. The summed E-state index contributed by atoms with van der Waals surface area (Å²) in [5.74, 6) is 0. The largest absolute Gasteiger partial charge is 0.310 e. The first-order valence-corrected chi connectivity index (χ1v) is 23.0. The van der Waals surface area contributed by atoms with Gasteiger partial charge in [-0.25, -0.2) is 0 Å². The van der Waals surface area contributed by atoms with Crippen LogP contribution in [0.2, 0.25) is 0 Å². The van der Waals surface area contributed by atoms with Gasteiger partial charge in [0.05, 0.1) is 5.41 Å². The van der Waals surface area contributed by atoms with Crippen molar-refractivity contribution in [2.24, 2.45) is 0 Å². The number of benzene rings is 10. The molecule has 0 saturated carbocycles. The van der Waals surface area contributed by atoms with E-state index in [1.165, 1.54) is 66.8 Å². The Morgan fingerprint density at radius 2 is 0.591 bits per heavy atom. The van der Waals surface area contributed by atoms with Crippen molar-refractivity contribution >= 4 is 34.1 Å². The number of nitrogens with zero attached hydrogens (tertiary/aromatic N) is 2. The molecule has 0 unspecified atom stereocenters. The molecule has 2 aliphatic rings. The van der Waals surface area contributed by atoms with Gasteiger partial charge in [0.1, 0.15) is 0 Å². The summed E-state index contributed by atoms with van der Waals surface area (Å²) in [5.41, 5.74) is 21.3. The van der Waals surface area contributed by atoms with Gasteiger partial charge in [0.15, 0.2) is 0 Å². The van der Waals surface area contributed by atoms with Crippen molar-refractivity contribution in [2.45, 2.75) is 24.7 Å². The van der Waals surface area contributed by atoms with E-state index in [1.54, 1.807) is 0 Å². The van der Waals surface area contributed by atoms with Crippen LogP contribution in [0, 0.1) is 0 Å². The van der Waals surface area contributed by atoms with Crippen LogP contribution in [-0.4, -0.2) is 0 Å². The van der Waals surface area contributed by atoms with Crippen molar-refractivity contribution in [3.63, 3.8) is 0 Å². The summed E-state index contributed by atoms with van der Waals surface area (Å²) >= 11 is 0. The number of hydrogen-bond acceptors (Lipinski definition) is 2. The molecule has 0 aliphatic heterocycles. The van der Waals surface area contributed by atoms with E-state index < -0.39 is 5.41 Å². The number of rotatable bonds is 9. The van der Waals surface area contributed by atoms with Crippen LogP contribution in [0.4, 0.5) is 34.1 Å². The molecule has 2 aliphatic carbocycles. The van der Waals surface area contributed by atoms with Gasteiger partial charge in [-0.15, -0.1) is 0 Å². The third kappa shape index (κ3) is 6.25. The van der Waals surface area contributed by atoms with E-state index in [0.29, 0.717) is 0 Å². The predicted octanol–water partition coefficient (Wildman–Crippen LogP) is 17.0. The molecule has 10 aromatic rings. The molecular weight excluding hydrogens is 797 g/mol. The second-order valence-corrected chi connectivity index (χ2v) is 18.1. The Morgan fingerprint density at radius 3 is 1.09 bits per heavy atom. The lowest BCUT2D eigenvalue weighted by Gasteiger charge is -2.35. The first-order chi connectivity index (χ1) is 32.5. The highest BCUT2D eigenvalue weighted by atomic mass is 15.1. The molecule has 0 aromatic heterocycles. The summed E-state index contributed by atoms with van der Waals surface area (Å²) in [6.07, 6.45) is 0. The van der Waals surface area contributed by atoms with Crippen LogP contribution in [0.3, 0.4) is 0 Å².